The molecule has 0 bridgehead atoms. The lowest BCUT2D eigenvalue weighted by atomic mass is 10.1. The first-order chi connectivity index (χ1) is 9.74. The number of benzene rings is 2. The second kappa shape index (κ2) is 5.31. The molecule has 0 radical (unpaired) electrons. The summed E-state index contributed by atoms with van der Waals surface area (Å²) in [6.07, 6.45) is 1.04. The molecule has 0 amide bonds. The summed E-state index contributed by atoms with van der Waals surface area (Å²) in [5.41, 5.74) is 0.681. The molecule has 0 aliphatic heterocycles. The van der Waals surface area contributed by atoms with Crippen LogP contribution in [0.4, 0.5) is 0 Å². The van der Waals surface area contributed by atoms with E-state index in [1.165, 1.54) is 0 Å². The van der Waals surface area contributed by atoms with Crippen molar-refractivity contribution in [1.82, 2.24) is 4.98 Å². The van der Waals surface area contributed by atoms with E-state index < -0.39 is 6.10 Å². The van der Waals surface area contributed by atoms with Gasteiger partial charge in [-0.25, -0.2) is 4.98 Å². The quantitative estimate of drug-likeness (QED) is 0.775. The highest BCUT2D eigenvalue weighted by atomic mass is 16.5. The molecule has 2 aromatic carbocycles. The van der Waals surface area contributed by atoms with Crippen LogP contribution in [0.3, 0.4) is 0 Å². The molecule has 0 aliphatic rings. The van der Waals surface area contributed by atoms with Gasteiger partial charge in [0, 0.05) is 11.8 Å². The monoisotopic (exact) mass is 265 g/mol. The fraction of sp³-hybridized carbons (Fsp3) is 0.118. The van der Waals surface area contributed by atoms with Gasteiger partial charge < -0.3 is 9.84 Å². The van der Waals surface area contributed by atoms with Crippen molar-refractivity contribution in [3.05, 3.63) is 66.4 Å². The lowest BCUT2D eigenvalue weighted by molar-refractivity contribution is 0.194. The fourth-order valence-electron chi connectivity index (χ4n) is 2.15. The zero-order valence-electron chi connectivity index (χ0n) is 11.2. The van der Waals surface area contributed by atoms with Gasteiger partial charge in [-0.1, -0.05) is 30.3 Å². The van der Waals surface area contributed by atoms with E-state index in [9.17, 15) is 5.11 Å². The van der Waals surface area contributed by atoms with Crippen molar-refractivity contribution < 1.29 is 9.84 Å². The molecule has 0 saturated carbocycles. The van der Waals surface area contributed by atoms with Gasteiger partial charge in [0.25, 0.3) is 0 Å². The average Bonchev–Trinajstić information content (AvgIpc) is 2.47. The molecule has 1 N–H and O–H groups in total. The maximum atomic E-state index is 9.73. The first-order valence-corrected chi connectivity index (χ1v) is 6.54. The number of hydrogen-bond acceptors (Lipinski definition) is 3. The second-order valence-electron chi connectivity index (χ2n) is 4.68. The fourth-order valence-corrected chi connectivity index (χ4v) is 2.15. The number of ether oxygens (including phenoxy) is 1. The van der Waals surface area contributed by atoms with Crippen LogP contribution in [-0.2, 0) is 0 Å². The van der Waals surface area contributed by atoms with Crippen molar-refractivity contribution in [2.45, 2.75) is 13.0 Å². The van der Waals surface area contributed by atoms with Gasteiger partial charge in [-0.15, -0.1) is 0 Å². The molecule has 20 heavy (non-hydrogen) atoms. The summed E-state index contributed by atoms with van der Waals surface area (Å²) in [6, 6.07) is 17.6. The first-order valence-electron chi connectivity index (χ1n) is 6.54. The smallest absolute Gasteiger partial charge is 0.225 e. The molecule has 1 aromatic heterocycles. The zero-order chi connectivity index (χ0) is 13.9. The molecule has 0 saturated heterocycles. The number of pyridine rings is 1. The Labute approximate surface area is 117 Å². The van der Waals surface area contributed by atoms with Gasteiger partial charge in [0.05, 0.1) is 6.10 Å². The van der Waals surface area contributed by atoms with Crippen molar-refractivity contribution in [2.75, 3.05) is 0 Å². The highest BCUT2D eigenvalue weighted by molar-refractivity contribution is 5.83. The summed E-state index contributed by atoms with van der Waals surface area (Å²) >= 11 is 0. The zero-order valence-corrected chi connectivity index (χ0v) is 11.2. The lowest BCUT2D eigenvalue weighted by Crippen LogP contribution is -1.98. The predicted molar refractivity (Wildman–Crippen MR) is 78.9 cm³/mol. The van der Waals surface area contributed by atoms with Crippen molar-refractivity contribution in [1.29, 1.82) is 0 Å². The van der Waals surface area contributed by atoms with Crippen LogP contribution >= 0.6 is 0 Å². The summed E-state index contributed by atoms with van der Waals surface area (Å²) in [4.78, 5) is 4.19. The van der Waals surface area contributed by atoms with E-state index in [0.717, 1.165) is 10.8 Å². The second-order valence-corrected chi connectivity index (χ2v) is 4.68. The first kappa shape index (κ1) is 12.6. The molecule has 3 heteroatoms. The Bertz CT molecular complexity index is 738. The predicted octanol–water partition coefficient (Wildman–Crippen LogP) is 4.08. The molecular formula is C17H15NO2. The molecule has 3 rings (SSSR count). The molecule has 0 unspecified atom stereocenters. The summed E-state index contributed by atoms with van der Waals surface area (Å²) in [5, 5.41) is 12.0. The van der Waals surface area contributed by atoms with Crippen LogP contribution in [0.5, 0.6) is 11.6 Å². The van der Waals surface area contributed by atoms with Gasteiger partial charge in [-0.2, -0.15) is 0 Å². The summed E-state index contributed by atoms with van der Waals surface area (Å²) < 4.78 is 5.81. The number of aliphatic hydroxyl groups excluding tert-OH is 1. The van der Waals surface area contributed by atoms with Gasteiger partial charge in [-0.3, -0.25) is 0 Å². The number of aliphatic hydroxyl groups is 1. The number of fused-ring (bicyclic) bond motifs is 1. The highest BCUT2D eigenvalue weighted by Gasteiger charge is 2.10. The molecule has 100 valence electrons. The largest absolute Gasteiger partial charge is 0.439 e. The number of hydrogen-bond donors (Lipinski definition) is 1. The van der Waals surface area contributed by atoms with E-state index in [1.807, 2.05) is 42.5 Å². The Morgan fingerprint density at radius 3 is 2.60 bits per heavy atom. The minimum absolute atomic E-state index is 0.442. The van der Waals surface area contributed by atoms with E-state index in [-0.39, 0.29) is 0 Å². The summed E-state index contributed by atoms with van der Waals surface area (Å²) in [5.74, 6) is 1.15. The van der Waals surface area contributed by atoms with E-state index in [0.29, 0.717) is 17.2 Å². The minimum Gasteiger partial charge on any atom is -0.439 e. The van der Waals surface area contributed by atoms with Crippen LogP contribution in [0.1, 0.15) is 18.6 Å². The van der Waals surface area contributed by atoms with Crippen LogP contribution in [0.25, 0.3) is 10.8 Å². The topological polar surface area (TPSA) is 42.4 Å². The van der Waals surface area contributed by atoms with Crippen molar-refractivity contribution in [3.63, 3.8) is 0 Å². The van der Waals surface area contributed by atoms with Crippen LogP contribution in [0.15, 0.2) is 60.8 Å². The van der Waals surface area contributed by atoms with Crippen molar-refractivity contribution in [3.8, 4) is 11.6 Å². The van der Waals surface area contributed by atoms with E-state index in [2.05, 4.69) is 11.1 Å². The maximum Gasteiger partial charge on any atom is 0.225 e. The standard InChI is InChI=1S/C17H15NO2/c1-12(19)16-7-4-10-18-17(16)20-15-9-8-13-5-2-3-6-14(13)11-15/h2-12,19H,1H3/t12-/m1/s1. The molecular weight excluding hydrogens is 250 g/mol. The van der Waals surface area contributed by atoms with Crippen LogP contribution in [0.2, 0.25) is 0 Å². The molecule has 0 spiro atoms. The number of aromatic nitrogens is 1. The van der Waals surface area contributed by atoms with Crippen molar-refractivity contribution in [2.24, 2.45) is 0 Å². The number of nitrogens with zero attached hydrogens (tertiary/aromatic N) is 1. The summed E-state index contributed by atoms with van der Waals surface area (Å²) in [6.45, 7) is 1.70. The van der Waals surface area contributed by atoms with E-state index in [1.54, 1.807) is 19.2 Å². The molecule has 0 aliphatic carbocycles. The van der Waals surface area contributed by atoms with Gasteiger partial charge in [0.1, 0.15) is 5.75 Å². The summed E-state index contributed by atoms with van der Waals surface area (Å²) in [7, 11) is 0. The lowest BCUT2D eigenvalue weighted by Gasteiger charge is -2.12. The van der Waals surface area contributed by atoms with Gasteiger partial charge in [0.2, 0.25) is 5.88 Å². The normalized spacial score (nSPS) is 12.3. The third kappa shape index (κ3) is 2.49. The Morgan fingerprint density at radius 1 is 1.00 bits per heavy atom. The molecule has 1 heterocycles. The average molecular weight is 265 g/mol. The van der Waals surface area contributed by atoms with Crippen LogP contribution < -0.4 is 4.74 Å². The maximum absolute atomic E-state index is 9.73. The minimum atomic E-state index is -0.612. The van der Waals surface area contributed by atoms with E-state index in [4.69, 9.17) is 4.74 Å². The van der Waals surface area contributed by atoms with E-state index >= 15 is 0 Å². The Balaban J connectivity index is 1.97. The Morgan fingerprint density at radius 2 is 1.80 bits per heavy atom. The van der Waals surface area contributed by atoms with Gasteiger partial charge in [-0.05, 0) is 42.0 Å². The van der Waals surface area contributed by atoms with Crippen molar-refractivity contribution >= 4 is 10.8 Å². The van der Waals surface area contributed by atoms with Crippen LogP contribution in [-0.4, -0.2) is 10.1 Å². The van der Waals surface area contributed by atoms with Gasteiger partial charge >= 0.3 is 0 Å². The van der Waals surface area contributed by atoms with Gasteiger partial charge in [0.15, 0.2) is 0 Å². The van der Waals surface area contributed by atoms with Crippen LogP contribution in [0, 0.1) is 0 Å². The SMILES string of the molecule is C[C@@H](O)c1cccnc1Oc1ccc2ccccc2c1. The molecule has 0 fully saturated rings. The molecule has 3 aromatic rings. The third-order valence-electron chi connectivity index (χ3n) is 3.19. The Hall–Kier alpha value is -2.39. The third-order valence-corrected chi connectivity index (χ3v) is 3.19. The number of rotatable bonds is 3. The Kier molecular flexibility index (Phi) is 3.35. The molecule has 3 nitrogen and oxygen atoms in total. The highest BCUT2D eigenvalue weighted by Crippen LogP contribution is 2.29. The molecule has 1 atom stereocenters.